The van der Waals surface area contributed by atoms with Crippen LogP contribution in [-0.4, -0.2) is 22.9 Å². The Balaban J connectivity index is 2.72. The molecule has 0 spiro atoms. The molecule has 14 heavy (non-hydrogen) atoms. The van der Waals surface area contributed by atoms with Crippen molar-refractivity contribution >= 4 is 6.21 Å². The van der Waals surface area contributed by atoms with Crippen LogP contribution < -0.4 is 11.6 Å². The first-order chi connectivity index (χ1) is 6.45. The maximum Gasteiger partial charge on any atom is 0.133 e. The third-order valence-corrected chi connectivity index (χ3v) is 2.09. The largest absolute Gasteiger partial charge is 0.404 e. The van der Waals surface area contributed by atoms with E-state index in [0.717, 1.165) is 5.57 Å². The van der Waals surface area contributed by atoms with Crippen LogP contribution in [0.5, 0.6) is 0 Å². The molecule has 1 atom stereocenters. The van der Waals surface area contributed by atoms with Crippen molar-refractivity contribution in [1.82, 2.24) is 5.01 Å². The third-order valence-electron chi connectivity index (χ3n) is 2.09. The van der Waals surface area contributed by atoms with Crippen LogP contribution in [0.2, 0.25) is 0 Å². The van der Waals surface area contributed by atoms with Crippen molar-refractivity contribution in [2.75, 3.05) is 0 Å². The fourth-order valence-electron chi connectivity index (χ4n) is 1.11. The van der Waals surface area contributed by atoms with Gasteiger partial charge < -0.3 is 5.73 Å². The second-order valence-corrected chi connectivity index (χ2v) is 4.30. The Bertz CT molecular complexity index is 267. The number of hydrogen-bond donors (Lipinski definition) is 2. The third kappa shape index (κ3) is 2.43. The highest BCUT2D eigenvalue weighted by atomic mass is 15.5. The Kier molecular flexibility index (Phi) is 3.08. The van der Waals surface area contributed by atoms with Gasteiger partial charge in [-0.25, -0.2) is 5.01 Å². The minimum atomic E-state index is -0.101. The van der Waals surface area contributed by atoms with E-state index in [2.05, 4.69) is 4.99 Å². The SMILES string of the molecule is CC(C)(C)N(N)C1C=CC(=CN)C=N1. The summed E-state index contributed by atoms with van der Waals surface area (Å²) >= 11 is 0. The zero-order valence-corrected chi connectivity index (χ0v) is 8.94. The number of hydrazine groups is 1. The lowest BCUT2D eigenvalue weighted by Crippen LogP contribution is -2.51. The van der Waals surface area contributed by atoms with Gasteiger partial charge in [-0.3, -0.25) is 10.8 Å². The maximum absolute atomic E-state index is 5.93. The lowest BCUT2D eigenvalue weighted by atomic mass is 10.1. The summed E-state index contributed by atoms with van der Waals surface area (Å²) in [6.07, 6.45) is 7.01. The summed E-state index contributed by atoms with van der Waals surface area (Å²) in [6.45, 7) is 6.14. The van der Waals surface area contributed by atoms with E-state index < -0.39 is 0 Å². The van der Waals surface area contributed by atoms with Gasteiger partial charge in [0.1, 0.15) is 6.17 Å². The van der Waals surface area contributed by atoms with Crippen molar-refractivity contribution in [3.8, 4) is 0 Å². The summed E-state index contributed by atoms with van der Waals surface area (Å²) in [5.74, 6) is 5.93. The van der Waals surface area contributed by atoms with Crippen molar-refractivity contribution in [2.24, 2.45) is 16.6 Å². The van der Waals surface area contributed by atoms with Gasteiger partial charge in [0.25, 0.3) is 0 Å². The minimum absolute atomic E-state index is 0.0984. The molecule has 0 saturated carbocycles. The van der Waals surface area contributed by atoms with Crippen molar-refractivity contribution in [3.05, 3.63) is 23.9 Å². The molecule has 0 aromatic carbocycles. The normalized spacial score (nSPS) is 24.9. The summed E-state index contributed by atoms with van der Waals surface area (Å²) in [5, 5.41) is 1.72. The van der Waals surface area contributed by atoms with Gasteiger partial charge in [-0.2, -0.15) is 0 Å². The maximum atomic E-state index is 5.93. The molecule has 0 radical (unpaired) electrons. The Morgan fingerprint density at radius 3 is 2.50 bits per heavy atom. The Morgan fingerprint density at radius 2 is 2.14 bits per heavy atom. The fourth-order valence-corrected chi connectivity index (χ4v) is 1.11. The molecule has 78 valence electrons. The minimum Gasteiger partial charge on any atom is -0.404 e. The quantitative estimate of drug-likeness (QED) is 0.478. The number of rotatable bonds is 1. The van der Waals surface area contributed by atoms with E-state index >= 15 is 0 Å². The van der Waals surface area contributed by atoms with Crippen LogP contribution >= 0.6 is 0 Å². The molecule has 0 saturated heterocycles. The van der Waals surface area contributed by atoms with Gasteiger partial charge >= 0.3 is 0 Å². The molecule has 0 aromatic rings. The molecule has 4 N–H and O–H groups in total. The Labute approximate surface area is 84.9 Å². The Morgan fingerprint density at radius 1 is 1.50 bits per heavy atom. The predicted molar refractivity (Wildman–Crippen MR) is 59.5 cm³/mol. The van der Waals surface area contributed by atoms with Gasteiger partial charge in [0.05, 0.1) is 0 Å². The first-order valence-corrected chi connectivity index (χ1v) is 4.62. The highest BCUT2D eigenvalue weighted by Crippen LogP contribution is 2.16. The zero-order valence-electron chi connectivity index (χ0n) is 8.94. The van der Waals surface area contributed by atoms with Gasteiger partial charge in [-0.1, -0.05) is 6.08 Å². The van der Waals surface area contributed by atoms with Crippen LogP contribution in [0.4, 0.5) is 0 Å². The zero-order chi connectivity index (χ0) is 10.8. The van der Waals surface area contributed by atoms with Gasteiger partial charge in [0.15, 0.2) is 0 Å². The van der Waals surface area contributed by atoms with Gasteiger partial charge in [-0.15, -0.1) is 0 Å². The molecule has 1 rings (SSSR count). The van der Waals surface area contributed by atoms with E-state index in [0.29, 0.717) is 0 Å². The summed E-state index contributed by atoms with van der Waals surface area (Å²) in [7, 11) is 0. The molecule has 0 aromatic heterocycles. The van der Waals surface area contributed by atoms with E-state index in [1.807, 2.05) is 32.9 Å². The number of allylic oxidation sites excluding steroid dienone is 2. The lowest BCUT2D eigenvalue weighted by molar-refractivity contribution is 0.109. The topological polar surface area (TPSA) is 67.6 Å². The smallest absolute Gasteiger partial charge is 0.133 e. The predicted octanol–water partition coefficient (Wildman–Crippen LogP) is 0.770. The van der Waals surface area contributed by atoms with Crippen LogP contribution in [0.15, 0.2) is 28.9 Å². The summed E-state index contributed by atoms with van der Waals surface area (Å²) in [4.78, 5) is 4.29. The standard InChI is InChI=1S/C10H18N4/c1-10(2,3)14(12)9-5-4-8(6-11)7-13-9/h4-7,9H,11-12H2,1-3H3. The van der Waals surface area contributed by atoms with Crippen LogP contribution in [0.1, 0.15) is 20.8 Å². The number of nitrogens with two attached hydrogens (primary N) is 2. The highest BCUT2D eigenvalue weighted by molar-refractivity contribution is 5.83. The van der Waals surface area contributed by atoms with Crippen molar-refractivity contribution in [1.29, 1.82) is 0 Å². The molecule has 0 aliphatic carbocycles. The van der Waals surface area contributed by atoms with Crippen LogP contribution in [0.3, 0.4) is 0 Å². The molecule has 4 nitrogen and oxygen atoms in total. The van der Waals surface area contributed by atoms with E-state index in [1.165, 1.54) is 6.20 Å². The van der Waals surface area contributed by atoms with Crippen molar-refractivity contribution < 1.29 is 0 Å². The molecule has 0 amide bonds. The molecule has 0 bridgehead atoms. The average molecular weight is 194 g/mol. The van der Waals surface area contributed by atoms with Gasteiger partial charge in [-0.05, 0) is 26.8 Å². The summed E-state index contributed by atoms with van der Waals surface area (Å²) in [5.41, 5.74) is 6.17. The van der Waals surface area contributed by atoms with E-state index in [4.69, 9.17) is 11.6 Å². The van der Waals surface area contributed by atoms with E-state index in [-0.39, 0.29) is 11.7 Å². The molecule has 0 fully saturated rings. The second-order valence-electron chi connectivity index (χ2n) is 4.30. The van der Waals surface area contributed by atoms with Crippen LogP contribution in [-0.2, 0) is 0 Å². The van der Waals surface area contributed by atoms with Crippen molar-refractivity contribution in [3.63, 3.8) is 0 Å². The van der Waals surface area contributed by atoms with Crippen LogP contribution in [0.25, 0.3) is 0 Å². The molecular formula is C10H18N4. The number of nitrogens with zero attached hydrogens (tertiary/aromatic N) is 2. The van der Waals surface area contributed by atoms with Crippen molar-refractivity contribution in [2.45, 2.75) is 32.5 Å². The number of hydrogen-bond acceptors (Lipinski definition) is 4. The fraction of sp³-hybridized carbons (Fsp3) is 0.500. The number of aliphatic imine (C=N–C) groups is 1. The molecule has 1 aliphatic heterocycles. The first kappa shape index (κ1) is 10.9. The van der Waals surface area contributed by atoms with Gasteiger partial charge in [0, 0.05) is 23.5 Å². The van der Waals surface area contributed by atoms with E-state index in [9.17, 15) is 0 Å². The van der Waals surface area contributed by atoms with Gasteiger partial charge in [0.2, 0.25) is 0 Å². The summed E-state index contributed by atoms with van der Waals surface area (Å²) < 4.78 is 0. The molecule has 1 unspecified atom stereocenters. The Hall–Kier alpha value is -1.13. The average Bonchev–Trinajstić information content (AvgIpc) is 2.15. The molecular weight excluding hydrogens is 176 g/mol. The molecule has 1 aliphatic rings. The lowest BCUT2D eigenvalue weighted by Gasteiger charge is -2.35. The second kappa shape index (κ2) is 3.94. The molecule has 4 heteroatoms. The number of dihydropyridines is 1. The monoisotopic (exact) mass is 194 g/mol. The van der Waals surface area contributed by atoms with E-state index in [1.54, 1.807) is 11.2 Å². The first-order valence-electron chi connectivity index (χ1n) is 4.62. The van der Waals surface area contributed by atoms with Crippen LogP contribution in [0, 0.1) is 0 Å². The summed E-state index contributed by atoms with van der Waals surface area (Å²) in [6, 6.07) is 0. The highest BCUT2D eigenvalue weighted by Gasteiger charge is 2.24. The molecule has 1 heterocycles.